The van der Waals surface area contributed by atoms with Gasteiger partial charge < -0.3 is 140 Å². The average Bonchev–Trinajstić information content (AvgIpc) is 0.818. The van der Waals surface area contributed by atoms with Crippen LogP contribution in [-0.2, 0) is 105 Å². The number of aliphatic hydroxyl groups excluding tert-OH is 6. The molecule has 10 atom stereocenters. The normalized spacial score (nSPS) is 21.1. The van der Waals surface area contributed by atoms with Crippen molar-refractivity contribution >= 4 is 53.2 Å². The van der Waals surface area contributed by atoms with E-state index < -0.39 is 97.8 Å². The maximum absolute atomic E-state index is 13.7. The summed E-state index contributed by atoms with van der Waals surface area (Å²) in [6, 6.07) is -2.16. The number of esters is 1. The summed E-state index contributed by atoms with van der Waals surface area (Å²) in [5, 5.41) is 82.2. The van der Waals surface area contributed by atoms with Crippen molar-refractivity contribution in [3.05, 3.63) is 0 Å². The molecule has 100 heavy (non-hydrogen) atoms. The molecule has 0 spiro atoms. The standard InChI is InChI=1S/C63H115N9O28/c1-44(75)70-55-59(86)57(84)46(39-73)99-61(55)97-24-6-4-11-48(77)66-20-9-22-68-51(80)14-28-95-42-63(41-94-27-13-50(79)65-19-8-18-64,72-53(82)16-26-89-31-33-91-35-37-93-38-36-92-34-32-90-30-17-54(83)88-3)43-96-29-15-52(81)69-23-10-21-67-49(78)12-5-7-25-98-62-56(71-45(2)76)60(87)58(85)47(40-74)100-62/h46-47,55-62,73-74,84-87H,4-43,64H2,1-3H3,(H,65,79)(H,66,77)(H,67,78)(H,68,80)(H,69,81)(H,70,75)(H,71,76)(H,72,82). The monoisotopic (exact) mass is 1450 g/mol. The first kappa shape index (κ1) is 90.6. The lowest BCUT2D eigenvalue weighted by molar-refractivity contribution is -0.270. The highest BCUT2D eigenvalue weighted by atomic mass is 16.7. The van der Waals surface area contributed by atoms with Gasteiger partial charge in [0.05, 0.1) is 132 Å². The zero-order chi connectivity index (χ0) is 73.6. The van der Waals surface area contributed by atoms with Gasteiger partial charge >= 0.3 is 5.97 Å². The van der Waals surface area contributed by atoms with Gasteiger partial charge in [0.25, 0.3) is 0 Å². The summed E-state index contributed by atoms with van der Waals surface area (Å²) < 4.78 is 72.5. The summed E-state index contributed by atoms with van der Waals surface area (Å²) in [4.78, 5) is 112. The molecule has 2 saturated heterocycles. The lowest BCUT2D eigenvalue weighted by atomic mass is 9.97. The van der Waals surface area contributed by atoms with E-state index in [4.69, 9.17) is 62.6 Å². The van der Waals surface area contributed by atoms with Crippen LogP contribution in [0.15, 0.2) is 0 Å². The number of unbranched alkanes of at least 4 members (excludes halogenated alkanes) is 2. The molecule has 0 aromatic rings. The Balaban J connectivity index is 1.92. The highest BCUT2D eigenvalue weighted by molar-refractivity contribution is 5.78. The Morgan fingerprint density at radius 1 is 0.390 bits per heavy atom. The molecule has 37 heteroatoms. The maximum Gasteiger partial charge on any atom is 0.307 e. The predicted octanol–water partition coefficient (Wildman–Crippen LogP) is -5.93. The minimum absolute atomic E-state index is 0.00224. The number of nitrogens with one attached hydrogen (secondary N) is 8. The zero-order valence-corrected chi connectivity index (χ0v) is 58.3. The van der Waals surface area contributed by atoms with E-state index >= 15 is 0 Å². The molecule has 37 nitrogen and oxygen atoms in total. The molecule has 2 fully saturated rings. The SMILES string of the molecule is COC(=O)CCOCCOCCOCCOCCOCCC(=O)NC(COCCC(=O)NCCCN)(COCCC(=O)NCCCNC(=O)CCCCOC1OC(CO)C(O)C(O)C1NC(C)=O)COCCC(=O)NCCCNC(=O)CCCCOC1OC(CO)C(O)C(O)C1NC(C)=O. The van der Waals surface area contributed by atoms with Crippen LogP contribution in [0.2, 0.25) is 0 Å². The van der Waals surface area contributed by atoms with Gasteiger partial charge in [0.1, 0.15) is 54.2 Å². The fourth-order valence-corrected chi connectivity index (χ4v) is 9.55. The molecule has 0 aliphatic carbocycles. The average molecular weight is 1450 g/mol. The third kappa shape index (κ3) is 42.8. The van der Waals surface area contributed by atoms with Crippen LogP contribution in [0.25, 0.3) is 0 Å². The van der Waals surface area contributed by atoms with Crippen molar-refractivity contribution < 1.29 is 135 Å². The Morgan fingerprint density at radius 3 is 1.05 bits per heavy atom. The van der Waals surface area contributed by atoms with Crippen molar-refractivity contribution in [2.45, 2.75) is 171 Å². The Kier molecular flexibility index (Phi) is 51.6. The molecule has 0 radical (unpaired) electrons. The van der Waals surface area contributed by atoms with Crippen LogP contribution in [0.5, 0.6) is 0 Å². The number of carbonyl (C=O) groups is 9. The first-order valence-electron chi connectivity index (χ1n) is 34.2. The largest absolute Gasteiger partial charge is 0.469 e. The molecule has 8 amide bonds. The highest BCUT2D eigenvalue weighted by Gasteiger charge is 2.47. The first-order chi connectivity index (χ1) is 48.2. The number of rotatable bonds is 61. The fraction of sp³-hybridized carbons (Fsp3) is 0.857. The second-order valence-corrected chi connectivity index (χ2v) is 23.5. The Labute approximate surface area is 584 Å². The van der Waals surface area contributed by atoms with Crippen molar-refractivity contribution in [2.75, 3.05) is 179 Å². The second-order valence-electron chi connectivity index (χ2n) is 23.5. The first-order valence-corrected chi connectivity index (χ1v) is 34.2. The summed E-state index contributed by atoms with van der Waals surface area (Å²) in [5.41, 5.74) is 4.15. The van der Waals surface area contributed by atoms with Gasteiger partial charge in [-0.3, -0.25) is 43.2 Å². The van der Waals surface area contributed by atoms with E-state index in [0.717, 1.165) is 0 Å². The molecule has 0 aromatic heterocycles. The van der Waals surface area contributed by atoms with Crippen molar-refractivity contribution in [3.8, 4) is 0 Å². The molecule has 16 N–H and O–H groups in total. The lowest BCUT2D eigenvalue weighted by Gasteiger charge is -2.42. The lowest BCUT2D eigenvalue weighted by Crippen LogP contribution is -2.64. The third-order valence-electron chi connectivity index (χ3n) is 15.0. The van der Waals surface area contributed by atoms with E-state index in [1.54, 1.807) is 0 Å². The molecule has 0 saturated carbocycles. The Bertz CT molecular complexity index is 2170. The summed E-state index contributed by atoms with van der Waals surface area (Å²) in [6.07, 6.45) is -7.15. The van der Waals surface area contributed by atoms with Gasteiger partial charge in [-0.05, 0) is 51.5 Å². The van der Waals surface area contributed by atoms with E-state index in [0.29, 0.717) is 91.1 Å². The zero-order valence-electron chi connectivity index (χ0n) is 58.3. The van der Waals surface area contributed by atoms with Crippen molar-refractivity contribution in [1.82, 2.24) is 42.5 Å². The van der Waals surface area contributed by atoms with E-state index in [9.17, 15) is 73.8 Å². The van der Waals surface area contributed by atoms with Gasteiger partial charge in [0, 0.05) is 98.3 Å². The number of ether oxygens (including phenoxy) is 13. The van der Waals surface area contributed by atoms with E-state index in [1.807, 2.05) is 0 Å². The molecule has 0 aromatic carbocycles. The van der Waals surface area contributed by atoms with Gasteiger partial charge in [0.15, 0.2) is 12.6 Å². The van der Waals surface area contributed by atoms with Gasteiger partial charge in [-0.25, -0.2) is 0 Å². The summed E-state index contributed by atoms with van der Waals surface area (Å²) in [5.74, 6) is -3.29. The van der Waals surface area contributed by atoms with Crippen LogP contribution in [-0.4, -0.2) is 329 Å². The second kappa shape index (κ2) is 56.9. The van der Waals surface area contributed by atoms with Crippen LogP contribution in [0, 0.1) is 0 Å². The van der Waals surface area contributed by atoms with Crippen molar-refractivity contribution in [3.63, 3.8) is 0 Å². The van der Waals surface area contributed by atoms with E-state index in [2.05, 4.69) is 47.3 Å². The Morgan fingerprint density at radius 2 is 0.710 bits per heavy atom. The summed E-state index contributed by atoms with van der Waals surface area (Å²) >= 11 is 0. The topological polar surface area (TPSA) is 517 Å². The minimum atomic E-state index is -1.45. The summed E-state index contributed by atoms with van der Waals surface area (Å²) in [7, 11) is 1.31. The van der Waals surface area contributed by atoms with E-state index in [1.165, 1.54) is 21.0 Å². The molecule has 2 aliphatic heterocycles. The quantitative estimate of drug-likeness (QED) is 0.0199. The Hall–Kier alpha value is -5.53. The number of aliphatic hydroxyl groups is 6. The molecule has 580 valence electrons. The van der Waals surface area contributed by atoms with Crippen molar-refractivity contribution in [2.24, 2.45) is 5.73 Å². The third-order valence-corrected chi connectivity index (χ3v) is 15.0. The van der Waals surface area contributed by atoms with Crippen LogP contribution in [0.4, 0.5) is 0 Å². The van der Waals surface area contributed by atoms with Crippen LogP contribution < -0.4 is 48.3 Å². The minimum Gasteiger partial charge on any atom is -0.469 e. The summed E-state index contributed by atoms with van der Waals surface area (Å²) in [6.45, 7) is 4.75. The fourth-order valence-electron chi connectivity index (χ4n) is 9.55. The maximum atomic E-state index is 13.7. The van der Waals surface area contributed by atoms with Gasteiger partial charge in [0.2, 0.25) is 47.3 Å². The molecule has 2 rings (SSSR count). The van der Waals surface area contributed by atoms with Crippen LogP contribution in [0.1, 0.15) is 104 Å². The highest BCUT2D eigenvalue weighted by Crippen LogP contribution is 2.24. The number of hydrogen-bond donors (Lipinski definition) is 15. The molecular weight excluding hydrogens is 1330 g/mol. The van der Waals surface area contributed by atoms with Gasteiger partial charge in [-0.1, -0.05) is 0 Å². The molecule has 2 aliphatic rings. The number of carbonyl (C=O) groups excluding carboxylic acids is 9. The number of nitrogens with two attached hydrogens (primary N) is 1. The van der Waals surface area contributed by atoms with Crippen molar-refractivity contribution in [1.29, 1.82) is 0 Å². The van der Waals surface area contributed by atoms with Crippen LogP contribution >= 0.6 is 0 Å². The van der Waals surface area contributed by atoms with Crippen LogP contribution in [0.3, 0.4) is 0 Å². The predicted molar refractivity (Wildman–Crippen MR) is 351 cm³/mol. The smallest absolute Gasteiger partial charge is 0.307 e. The molecular formula is C63H115N9O28. The van der Waals surface area contributed by atoms with Gasteiger partial charge in [-0.2, -0.15) is 0 Å². The molecule has 10 unspecified atom stereocenters. The molecule has 0 bridgehead atoms. The number of amides is 8. The van der Waals surface area contributed by atoms with E-state index in [-0.39, 0.29) is 193 Å². The van der Waals surface area contributed by atoms with Gasteiger partial charge in [-0.15, -0.1) is 0 Å². The number of hydrogen-bond acceptors (Lipinski definition) is 29. The number of methoxy groups -OCH3 is 1. The molecule has 2 heterocycles.